The SMILES string of the molecule is Cc1cc(C)cc(N(CC(=O)N(Cc2ccc(F)cc2)C(C)C(=O)NC(C)(C)C)S(C)(=O)=O)c1. The normalized spacial score (nSPS) is 12.7. The van der Waals surface area contributed by atoms with Crippen LogP contribution in [0.5, 0.6) is 0 Å². The summed E-state index contributed by atoms with van der Waals surface area (Å²) in [5, 5.41) is 2.85. The number of hydrogen-bond acceptors (Lipinski definition) is 4. The monoisotopic (exact) mass is 491 g/mol. The van der Waals surface area contributed by atoms with Gasteiger partial charge in [0.05, 0.1) is 11.9 Å². The summed E-state index contributed by atoms with van der Waals surface area (Å²) in [5.41, 5.74) is 2.19. The fraction of sp³-hybridized carbons (Fsp3) is 0.440. The highest BCUT2D eigenvalue weighted by atomic mass is 32.2. The molecule has 0 aromatic heterocycles. The molecular weight excluding hydrogens is 457 g/mol. The standard InChI is InChI=1S/C25H34FN3O4S/c1-17-12-18(2)14-22(13-17)29(34(7,32)33)16-23(30)28(15-20-8-10-21(26)11-9-20)19(3)24(31)27-25(4,5)6/h8-14,19H,15-16H2,1-7H3,(H,27,31). The van der Waals surface area contributed by atoms with E-state index in [0.717, 1.165) is 21.7 Å². The van der Waals surface area contributed by atoms with Crippen LogP contribution in [-0.4, -0.2) is 49.5 Å². The fourth-order valence-corrected chi connectivity index (χ4v) is 4.38. The number of hydrogen-bond donors (Lipinski definition) is 1. The second-order valence-corrected chi connectivity index (χ2v) is 11.6. The van der Waals surface area contributed by atoms with Crippen molar-refractivity contribution in [1.82, 2.24) is 10.2 Å². The van der Waals surface area contributed by atoms with Crippen LogP contribution in [-0.2, 0) is 26.2 Å². The Labute approximate surface area is 202 Å². The van der Waals surface area contributed by atoms with Gasteiger partial charge in [0.1, 0.15) is 18.4 Å². The lowest BCUT2D eigenvalue weighted by molar-refractivity contribution is -0.140. The van der Waals surface area contributed by atoms with Crippen molar-refractivity contribution in [3.63, 3.8) is 0 Å². The largest absolute Gasteiger partial charge is 0.350 e. The Morgan fingerprint density at radius 2 is 1.56 bits per heavy atom. The van der Waals surface area contributed by atoms with Gasteiger partial charge >= 0.3 is 0 Å². The highest BCUT2D eigenvalue weighted by Crippen LogP contribution is 2.22. The average molecular weight is 492 g/mol. The molecule has 2 aromatic rings. The second kappa shape index (κ2) is 10.5. The summed E-state index contributed by atoms with van der Waals surface area (Å²) in [5.74, 6) is -1.34. The Balaban J connectivity index is 2.43. The van der Waals surface area contributed by atoms with Gasteiger partial charge in [-0.05, 0) is 82.5 Å². The van der Waals surface area contributed by atoms with Gasteiger partial charge in [0.2, 0.25) is 21.8 Å². The van der Waals surface area contributed by atoms with Crippen molar-refractivity contribution in [3.8, 4) is 0 Å². The van der Waals surface area contributed by atoms with Crippen molar-refractivity contribution < 1.29 is 22.4 Å². The zero-order valence-electron chi connectivity index (χ0n) is 20.8. The van der Waals surface area contributed by atoms with Gasteiger partial charge in [-0.25, -0.2) is 12.8 Å². The number of aryl methyl sites for hydroxylation is 2. The minimum Gasteiger partial charge on any atom is -0.350 e. The molecule has 0 heterocycles. The molecule has 0 bridgehead atoms. The topological polar surface area (TPSA) is 86.8 Å². The Morgan fingerprint density at radius 3 is 2.03 bits per heavy atom. The minimum absolute atomic E-state index is 0.0162. The number of nitrogens with zero attached hydrogens (tertiary/aromatic N) is 2. The molecule has 0 spiro atoms. The number of benzene rings is 2. The van der Waals surface area contributed by atoms with Gasteiger partial charge in [-0.3, -0.25) is 13.9 Å². The molecule has 2 amide bonds. The van der Waals surface area contributed by atoms with E-state index in [4.69, 9.17) is 0 Å². The summed E-state index contributed by atoms with van der Waals surface area (Å²) >= 11 is 0. The third kappa shape index (κ3) is 7.83. The molecular formula is C25H34FN3O4S. The number of sulfonamides is 1. The molecule has 7 nitrogen and oxygen atoms in total. The minimum atomic E-state index is -3.80. The Kier molecular flexibility index (Phi) is 8.47. The van der Waals surface area contributed by atoms with Crippen LogP contribution in [0.25, 0.3) is 0 Å². The van der Waals surface area contributed by atoms with E-state index < -0.39 is 39.9 Å². The molecule has 1 N–H and O–H groups in total. The summed E-state index contributed by atoms with van der Waals surface area (Å²) in [6, 6.07) is 10.0. The number of carbonyl (C=O) groups is 2. The molecule has 0 radical (unpaired) electrons. The Bertz CT molecular complexity index is 1120. The van der Waals surface area contributed by atoms with Crippen molar-refractivity contribution in [1.29, 1.82) is 0 Å². The Morgan fingerprint density at radius 1 is 1.03 bits per heavy atom. The predicted octanol–water partition coefficient (Wildman–Crippen LogP) is 3.54. The Hall–Kier alpha value is -2.94. The first-order valence-corrected chi connectivity index (χ1v) is 12.8. The van der Waals surface area contributed by atoms with Crippen LogP contribution in [0.1, 0.15) is 44.4 Å². The first-order valence-electron chi connectivity index (χ1n) is 11.0. The number of carbonyl (C=O) groups excluding carboxylic acids is 2. The van der Waals surface area contributed by atoms with Crippen LogP contribution >= 0.6 is 0 Å². The molecule has 2 aromatic carbocycles. The molecule has 0 aliphatic heterocycles. The quantitative estimate of drug-likeness (QED) is 0.612. The van der Waals surface area contributed by atoms with E-state index in [9.17, 15) is 22.4 Å². The molecule has 0 aliphatic carbocycles. The highest BCUT2D eigenvalue weighted by molar-refractivity contribution is 7.92. The number of rotatable bonds is 8. The maximum atomic E-state index is 13.5. The zero-order chi connectivity index (χ0) is 25.8. The molecule has 0 aliphatic rings. The first-order chi connectivity index (χ1) is 15.6. The van der Waals surface area contributed by atoms with E-state index in [1.807, 2.05) is 40.7 Å². The molecule has 0 saturated heterocycles. The van der Waals surface area contributed by atoms with Crippen LogP contribution in [0.3, 0.4) is 0 Å². The van der Waals surface area contributed by atoms with Gasteiger partial charge in [-0.1, -0.05) is 18.2 Å². The van der Waals surface area contributed by atoms with Crippen molar-refractivity contribution in [3.05, 3.63) is 65.0 Å². The van der Waals surface area contributed by atoms with Crippen LogP contribution in [0.15, 0.2) is 42.5 Å². The summed E-state index contributed by atoms with van der Waals surface area (Å²) in [6.45, 7) is 10.3. The highest BCUT2D eigenvalue weighted by Gasteiger charge is 2.31. The molecule has 186 valence electrons. The lowest BCUT2D eigenvalue weighted by Gasteiger charge is -2.33. The van der Waals surface area contributed by atoms with Crippen LogP contribution in [0.2, 0.25) is 0 Å². The van der Waals surface area contributed by atoms with Crippen LogP contribution < -0.4 is 9.62 Å². The van der Waals surface area contributed by atoms with E-state index in [1.165, 1.54) is 29.2 Å². The molecule has 0 saturated carbocycles. The lowest BCUT2D eigenvalue weighted by Crippen LogP contribution is -2.54. The van der Waals surface area contributed by atoms with Gasteiger partial charge < -0.3 is 10.2 Å². The summed E-state index contributed by atoms with van der Waals surface area (Å²) in [6.07, 6.45) is 1.04. The predicted molar refractivity (Wildman–Crippen MR) is 132 cm³/mol. The maximum absolute atomic E-state index is 13.5. The fourth-order valence-electron chi connectivity index (χ4n) is 3.55. The number of amides is 2. The molecule has 1 atom stereocenters. The van der Waals surface area contributed by atoms with Gasteiger partial charge in [-0.2, -0.15) is 0 Å². The van der Waals surface area contributed by atoms with Crippen LogP contribution in [0, 0.1) is 19.7 Å². The van der Waals surface area contributed by atoms with E-state index in [-0.39, 0.29) is 12.5 Å². The van der Waals surface area contributed by atoms with Crippen molar-refractivity contribution in [2.75, 3.05) is 17.1 Å². The van der Waals surface area contributed by atoms with Gasteiger partial charge in [-0.15, -0.1) is 0 Å². The average Bonchev–Trinajstić information content (AvgIpc) is 2.68. The lowest BCUT2D eigenvalue weighted by atomic mass is 10.1. The number of halogens is 1. The zero-order valence-corrected chi connectivity index (χ0v) is 21.7. The van der Waals surface area contributed by atoms with Gasteiger partial charge in [0, 0.05) is 12.1 Å². The van der Waals surface area contributed by atoms with Gasteiger partial charge in [0.15, 0.2) is 0 Å². The summed E-state index contributed by atoms with van der Waals surface area (Å²) < 4.78 is 39.7. The van der Waals surface area contributed by atoms with E-state index in [0.29, 0.717) is 11.3 Å². The third-order valence-electron chi connectivity index (χ3n) is 5.11. The first kappa shape index (κ1) is 27.3. The van der Waals surface area contributed by atoms with E-state index in [2.05, 4.69) is 5.32 Å². The van der Waals surface area contributed by atoms with Crippen molar-refractivity contribution in [2.24, 2.45) is 0 Å². The van der Waals surface area contributed by atoms with Crippen LogP contribution in [0.4, 0.5) is 10.1 Å². The third-order valence-corrected chi connectivity index (χ3v) is 6.25. The van der Waals surface area contributed by atoms with E-state index in [1.54, 1.807) is 19.1 Å². The molecule has 34 heavy (non-hydrogen) atoms. The smallest absolute Gasteiger partial charge is 0.244 e. The molecule has 0 fully saturated rings. The number of anilines is 1. The number of nitrogens with one attached hydrogen (secondary N) is 1. The summed E-state index contributed by atoms with van der Waals surface area (Å²) in [4.78, 5) is 27.7. The van der Waals surface area contributed by atoms with Crippen molar-refractivity contribution >= 4 is 27.5 Å². The summed E-state index contributed by atoms with van der Waals surface area (Å²) in [7, 11) is -3.80. The molecule has 9 heteroatoms. The maximum Gasteiger partial charge on any atom is 0.244 e. The van der Waals surface area contributed by atoms with Crippen molar-refractivity contribution in [2.45, 2.75) is 59.7 Å². The molecule has 1 unspecified atom stereocenters. The van der Waals surface area contributed by atoms with E-state index >= 15 is 0 Å². The second-order valence-electron chi connectivity index (χ2n) is 9.68. The molecule has 2 rings (SSSR count). The van der Waals surface area contributed by atoms with Gasteiger partial charge in [0.25, 0.3) is 0 Å².